The average Bonchev–Trinajstić information content (AvgIpc) is 2.29. The highest BCUT2D eigenvalue weighted by Crippen LogP contribution is 2.38. The molecule has 0 atom stereocenters. The van der Waals surface area contributed by atoms with Gasteiger partial charge in [0.15, 0.2) is 5.83 Å². The summed E-state index contributed by atoms with van der Waals surface area (Å²) < 4.78 is 42.3. The van der Waals surface area contributed by atoms with E-state index in [0.29, 0.717) is 12.3 Å². The van der Waals surface area contributed by atoms with Crippen LogP contribution in [0.4, 0.5) is 13.2 Å². The monoisotopic (exact) mass is 291 g/mol. The Bertz CT molecular complexity index is 407. The summed E-state index contributed by atoms with van der Waals surface area (Å²) in [6.07, 6.45) is 5.27. The van der Waals surface area contributed by atoms with Crippen LogP contribution in [0.15, 0.2) is 35.3 Å². The van der Waals surface area contributed by atoms with Gasteiger partial charge in [-0.25, -0.2) is 13.2 Å². The largest absolute Gasteiger partial charge is 0.316 e. The smallest absolute Gasteiger partial charge is 0.178 e. The molecule has 0 amide bonds. The van der Waals surface area contributed by atoms with Gasteiger partial charge >= 0.3 is 0 Å². The molecule has 0 saturated heterocycles. The fourth-order valence-corrected chi connectivity index (χ4v) is 2.41. The number of nitrogens with zero attached hydrogens (tertiary/aromatic N) is 1. The van der Waals surface area contributed by atoms with E-state index in [9.17, 15) is 13.2 Å². The first-order valence-corrected chi connectivity index (χ1v) is 7.44. The van der Waals surface area contributed by atoms with Crippen molar-refractivity contribution < 1.29 is 13.2 Å². The summed E-state index contributed by atoms with van der Waals surface area (Å²) in [4.78, 5) is 0. The minimum atomic E-state index is -1.01. The third kappa shape index (κ3) is 4.06. The lowest BCUT2D eigenvalue weighted by molar-refractivity contribution is 0.309. The van der Waals surface area contributed by atoms with Gasteiger partial charge in [0.05, 0.1) is 5.70 Å². The Morgan fingerprint density at radius 2 is 1.89 bits per heavy atom. The van der Waals surface area contributed by atoms with E-state index in [-0.39, 0.29) is 11.3 Å². The van der Waals surface area contributed by atoms with Crippen molar-refractivity contribution in [3.63, 3.8) is 0 Å². The zero-order valence-corrected chi connectivity index (χ0v) is 12.4. The van der Waals surface area contributed by atoms with Crippen LogP contribution < -0.4 is 0 Å². The van der Waals surface area contributed by atoms with Gasteiger partial charge in [0.25, 0.3) is 0 Å². The van der Waals surface area contributed by atoms with Gasteiger partial charge in [-0.05, 0) is 19.3 Å². The van der Waals surface area contributed by atoms with Crippen molar-refractivity contribution in [3.05, 3.63) is 35.3 Å². The number of hydrogen-bond donors (Lipinski definition) is 0. The highest BCUT2D eigenvalue weighted by molar-refractivity contribution is 7.96. The Balaban J connectivity index is 3.21. The molecule has 108 valence electrons. The average molecular weight is 291 g/mol. The Morgan fingerprint density at radius 3 is 2.21 bits per heavy atom. The molecule has 1 aliphatic carbocycles. The molecule has 0 heterocycles. The molecular formula is C14H20F3NS. The zero-order chi connectivity index (χ0) is 14.6. The summed E-state index contributed by atoms with van der Waals surface area (Å²) in [5.74, 6) is -2.28. The van der Waals surface area contributed by atoms with Gasteiger partial charge in [-0.1, -0.05) is 37.8 Å². The van der Waals surface area contributed by atoms with Crippen LogP contribution in [0.5, 0.6) is 0 Å². The molecule has 0 spiro atoms. The predicted molar refractivity (Wildman–Crippen MR) is 75.4 cm³/mol. The molecule has 0 aliphatic heterocycles. The first-order chi connectivity index (χ1) is 8.88. The van der Waals surface area contributed by atoms with Crippen molar-refractivity contribution in [2.45, 2.75) is 32.6 Å². The second kappa shape index (κ2) is 7.08. The van der Waals surface area contributed by atoms with Crippen LogP contribution in [-0.2, 0) is 0 Å². The highest BCUT2D eigenvalue weighted by Gasteiger charge is 2.26. The maximum absolute atomic E-state index is 14.0. The van der Waals surface area contributed by atoms with Gasteiger partial charge in [0.2, 0.25) is 0 Å². The van der Waals surface area contributed by atoms with Crippen LogP contribution >= 0.6 is 11.9 Å². The maximum atomic E-state index is 14.0. The van der Waals surface area contributed by atoms with E-state index in [1.54, 1.807) is 13.3 Å². The molecule has 1 nitrogen and oxygen atoms in total. The lowest BCUT2D eigenvalue weighted by Gasteiger charge is -2.29. The standard InChI is InChI=1S/C14H20F3NS/c1-9(15)12(8-11-6-5-7-11)14(18(3)19-4)13(17)10(2)16/h11H,1,5-8H2,2-4H3/b13-10-,14-12+. The molecule has 1 fully saturated rings. The lowest BCUT2D eigenvalue weighted by Crippen LogP contribution is -2.17. The number of rotatable bonds is 6. The normalized spacial score (nSPS) is 18.4. The number of likely N-dealkylation sites (N-methyl/N-ethyl adjacent to an activating group) is 1. The Morgan fingerprint density at radius 1 is 1.32 bits per heavy atom. The fraction of sp³-hybridized carbons (Fsp3) is 0.571. The van der Waals surface area contributed by atoms with Gasteiger partial charge in [0, 0.05) is 18.9 Å². The molecule has 0 unspecified atom stereocenters. The molecule has 0 N–H and O–H groups in total. The first-order valence-electron chi connectivity index (χ1n) is 6.26. The second-order valence-corrected chi connectivity index (χ2v) is 5.67. The SMILES string of the molecule is C=C(F)/C(CC1CCC1)=C(\C(F)=C(/C)F)N(C)SC. The number of allylic oxidation sites excluding steroid dienone is 4. The van der Waals surface area contributed by atoms with Gasteiger partial charge in [-0.15, -0.1) is 0 Å². The molecule has 1 aliphatic rings. The molecule has 0 bridgehead atoms. The first kappa shape index (κ1) is 16.2. The van der Waals surface area contributed by atoms with Gasteiger partial charge in [0.1, 0.15) is 11.7 Å². The van der Waals surface area contributed by atoms with Crippen molar-refractivity contribution in [3.8, 4) is 0 Å². The Kier molecular flexibility index (Phi) is 6.04. The lowest BCUT2D eigenvalue weighted by atomic mass is 9.80. The maximum Gasteiger partial charge on any atom is 0.178 e. The molecule has 0 aromatic carbocycles. The molecular weight excluding hydrogens is 271 g/mol. The van der Waals surface area contributed by atoms with Crippen LogP contribution in [-0.4, -0.2) is 17.6 Å². The fourth-order valence-electron chi connectivity index (χ4n) is 2.04. The predicted octanol–water partition coefficient (Wildman–Crippen LogP) is 5.29. The van der Waals surface area contributed by atoms with Crippen molar-refractivity contribution in [1.82, 2.24) is 4.31 Å². The van der Waals surface area contributed by atoms with Crippen molar-refractivity contribution in [1.29, 1.82) is 0 Å². The highest BCUT2D eigenvalue weighted by atomic mass is 32.2. The van der Waals surface area contributed by atoms with E-state index >= 15 is 0 Å². The van der Waals surface area contributed by atoms with E-state index < -0.39 is 17.5 Å². The summed E-state index contributed by atoms with van der Waals surface area (Å²) >= 11 is 1.20. The summed E-state index contributed by atoms with van der Waals surface area (Å²) in [5, 5.41) is 0. The zero-order valence-electron chi connectivity index (χ0n) is 11.6. The van der Waals surface area contributed by atoms with Gasteiger partial charge < -0.3 is 4.31 Å². The minimum Gasteiger partial charge on any atom is -0.316 e. The third-order valence-corrected chi connectivity index (χ3v) is 4.16. The second-order valence-electron chi connectivity index (χ2n) is 4.76. The van der Waals surface area contributed by atoms with E-state index in [4.69, 9.17) is 0 Å². The van der Waals surface area contributed by atoms with E-state index in [2.05, 4.69) is 6.58 Å². The van der Waals surface area contributed by atoms with Crippen LogP contribution in [0.1, 0.15) is 32.6 Å². The van der Waals surface area contributed by atoms with Crippen LogP contribution in [0.3, 0.4) is 0 Å². The molecule has 1 saturated carbocycles. The van der Waals surface area contributed by atoms with E-state index in [0.717, 1.165) is 26.2 Å². The molecule has 19 heavy (non-hydrogen) atoms. The van der Waals surface area contributed by atoms with E-state index in [1.807, 2.05) is 0 Å². The van der Waals surface area contributed by atoms with Crippen molar-refractivity contribution in [2.24, 2.45) is 5.92 Å². The van der Waals surface area contributed by atoms with Crippen LogP contribution in [0.25, 0.3) is 0 Å². The van der Waals surface area contributed by atoms with E-state index in [1.165, 1.54) is 16.3 Å². The van der Waals surface area contributed by atoms with Crippen molar-refractivity contribution in [2.75, 3.05) is 13.3 Å². The molecule has 1 rings (SSSR count). The Labute approximate surface area is 117 Å². The quantitative estimate of drug-likeness (QED) is 0.483. The molecule has 5 heteroatoms. The molecule has 0 aromatic rings. The van der Waals surface area contributed by atoms with Crippen LogP contribution in [0.2, 0.25) is 0 Å². The Hall–Kier alpha value is -0.840. The minimum absolute atomic E-state index is 0.0353. The number of halogens is 3. The number of hydrogen-bond acceptors (Lipinski definition) is 2. The molecule has 0 radical (unpaired) electrons. The molecule has 0 aromatic heterocycles. The van der Waals surface area contributed by atoms with Crippen LogP contribution in [0, 0.1) is 5.92 Å². The summed E-state index contributed by atoms with van der Waals surface area (Å²) in [6, 6.07) is 0. The third-order valence-electron chi connectivity index (χ3n) is 3.43. The summed E-state index contributed by atoms with van der Waals surface area (Å²) in [7, 11) is 1.59. The summed E-state index contributed by atoms with van der Waals surface area (Å²) in [6.45, 7) is 4.31. The van der Waals surface area contributed by atoms with Gasteiger partial charge in [-0.3, -0.25) is 0 Å². The topological polar surface area (TPSA) is 3.24 Å². The summed E-state index contributed by atoms with van der Waals surface area (Å²) in [5.41, 5.74) is 0.142. The van der Waals surface area contributed by atoms with Crippen molar-refractivity contribution >= 4 is 11.9 Å². The van der Waals surface area contributed by atoms with Gasteiger partial charge in [-0.2, -0.15) is 0 Å².